The van der Waals surface area contributed by atoms with Crippen LogP contribution < -0.4 is 20.3 Å². The number of nitrogens with zero attached hydrogens (tertiary/aromatic N) is 5. The van der Waals surface area contributed by atoms with E-state index in [1.54, 1.807) is 0 Å². The second-order valence-electron chi connectivity index (χ2n) is 13.5. The maximum absolute atomic E-state index is 6.49. The smallest absolute Gasteiger partial charge is 0.323 e. The Bertz CT molecular complexity index is 840. The highest BCUT2D eigenvalue weighted by atomic mass is 16.5. The fourth-order valence-corrected chi connectivity index (χ4v) is 7.36. The topological polar surface area (TPSA) is 80.4 Å². The Balaban J connectivity index is 1.82. The van der Waals surface area contributed by atoms with Gasteiger partial charge >= 0.3 is 6.01 Å². The third-order valence-electron chi connectivity index (χ3n) is 8.34. The SMILES string of the molecule is CC1(C)CCCC(C)(C)N1c1nc(OC2CCCCC2)nc(N2C(C)(C)CC(N)CC2(C)C)n1. The third kappa shape index (κ3) is 5.00. The molecule has 3 heterocycles. The van der Waals surface area contributed by atoms with Crippen molar-refractivity contribution in [3.05, 3.63) is 0 Å². The zero-order valence-corrected chi connectivity index (χ0v) is 22.9. The van der Waals surface area contributed by atoms with Gasteiger partial charge in [-0.25, -0.2) is 0 Å². The van der Waals surface area contributed by atoms with Crippen LogP contribution in [-0.2, 0) is 0 Å². The first kappa shape index (κ1) is 25.5. The van der Waals surface area contributed by atoms with Gasteiger partial charge in [-0.05, 0) is 113 Å². The molecule has 7 nitrogen and oxygen atoms in total. The summed E-state index contributed by atoms with van der Waals surface area (Å²) in [6.45, 7) is 18.3. The fourth-order valence-electron chi connectivity index (χ4n) is 7.36. The van der Waals surface area contributed by atoms with Crippen LogP contribution in [0.15, 0.2) is 0 Å². The minimum atomic E-state index is -0.172. The number of ether oxygens (including phenoxy) is 1. The molecule has 1 aliphatic carbocycles. The lowest BCUT2D eigenvalue weighted by Crippen LogP contribution is -2.64. The van der Waals surface area contributed by atoms with Crippen molar-refractivity contribution in [1.82, 2.24) is 15.0 Å². The molecule has 1 aromatic heterocycles. The van der Waals surface area contributed by atoms with Gasteiger partial charge in [0.25, 0.3) is 0 Å². The molecule has 1 saturated carbocycles. The van der Waals surface area contributed by atoms with Crippen molar-refractivity contribution >= 4 is 11.9 Å². The lowest BCUT2D eigenvalue weighted by Gasteiger charge is -2.55. The van der Waals surface area contributed by atoms with E-state index in [9.17, 15) is 0 Å². The standard InChI is InChI=1S/C27H48N6O/c1-24(2)15-12-16-25(3,4)32(24)21-29-22(31-23(30-21)34-20-13-10-9-11-14-20)33-26(5,6)17-19(28)18-27(33,7)8/h19-20H,9-18,28H2,1-8H3. The molecular weight excluding hydrogens is 424 g/mol. The zero-order valence-electron chi connectivity index (χ0n) is 22.9. The summed E-state index contributed by atoms with van der Waals surface area (Å²) in [7, 11) is 0. The van der Waals surface area contributed by atoms with E-state index in [-0.39, 0.29) is 34.3 Å². The van der Waals surface area contributed by atoms with Crippen LogP contribution in [0.25, 0.3) is 0 Å². The number of aromatic nitrogens is 3. The number of piperidine rings is 2. The van der Waals surface area contributed by atoms with Crippen molar-refractivity contribution in [2.45, 2.75) is 154 Å². The van der Waals surface area contributed by atoms with E-state index in [1.165, 1.54) is 25.7 Å². The first-order chi connectivity index (χ1) is 15.7. The summed E-state index contributed by atoms with van der Waals surface area (Å²) in [5.74, 6) is 1.46. The zero-order chi connectivity index (χ0) is 24.9. The van der Waals surface area contributed by atoms with Crippen molar-refractivity contribution in [1.29, 1.82) is 0 Å². The summed E-state index contributed by atoms with van der Waals surface area (Å²) in [4.78, 5) is 19.9. The molecule has 0 atom stereocenters. The van der Waals surface area contributed by atoms with Gasteiger partial charge in [-0.2, -0.15) is 15.0 Å². The summed E-state index contributed by atoms with van der Waals surface area (Å²) in [6.07, 6.45) is 11.3. The summed E-state index contributed by atoms with van der Waals surface area (Å²) in [5, 5.41) is 0. The summed E-state index contributed by atoms with van der Waals surface area (Å²) >= 11 is 0. The maximum atomic E-state index is 6.49. The van der Waals surface area contributed by atoms with Crippen molar-refractivity contribution < 1.29 is 4.74 Å². The Kier molecular flexibility index (Phi) is 6.58. The molecule has 34 heavy (non-hydrogen) atoms. The number of anilines is 2. The average Bonchev–Trinajstić information content (AvgIpc) is 2.64. The van der Waals surface area contributed by atoms with Crippen LogP contribution in [-0.4, -0.2) is 49.3 Å². The van der Waals surface area contributed by atoms with Gasteiger partial charge in [0.1, 0.15) is 6.10 Å². The van der Waals surface area contributed by atoms with Gasteiger partial charge in [0.2, 0.25) is 11.9 Å². The molecule has 1 aromatic rings. The first-order valence-electron chi connectivity index (χ1n) is 13.5. The molecular formula is C27H48N6O. The summed E-state index contributed by atoms with van der Waals surface area (Å²) in [5.41, 5.74) is 6.05. The summed E-state index contributed by atoms with van der Waals surface area (Å²) < 4.78 is 6.47. The second kappa shape index (κ2) is 8.79. The third-order valence-corrected chi connectivity index (χ3v) is 8.34. The lowest BCUT2D eigenvalue weighted by molar-refractivity contribution is 0.140. The molecule has 3 fully saturated rings. The number of hydrogen-bond acceptors (Lipinski definition) is 7. The highest BCUT2D eigenvalue weighted by Crippen LogP contribution is 2.44. The Hall–Kier alpha value is -1.63. The van der Waals surface area contributed by atoms with Gasteiger partial charge in [-0.1, -0.05) is 6.42 Å². The van der Waals surface area contributed by atoms with E-state index in [2.05, 4.69) is 65.2 Å². The second-order valence-corrected chi connectivity index (χ2v) is 13.5. The van der Waals surface area contributed by atoms with E-state index in [0.717, 1.165) is 50.4 Å². The normalized spacial score (nSPS) is 27.0. The number of nitrogens with two attached hydrogens (primary N) is 1. The van der Waals surface area contributed by atoms with Crippen molar-refractivity contribution in [3.63, 3.8) is 0 Å². The van der Waals surface area contributed by atoms with Gasteiger partial charge < -0.3 is 20.3 Å². The van der Waals surface area contributed by atoms with E-state index in [0.29, 0.717) is 6.01 Å². The van der Waals surface area contributed by atoms with Gasteiger partial charge in [0.15, 0.2) is 0 Å². The average molecular weight is 473 g/mol. The van der Waals surface area contributed by atoms with Crippen LogP contribution in [0.4, 0.5) is 11.9 Å². The minimum absolute atomic E-state index is 0.0439. The number of hydrogen-bond donors (Lipinski definition) is 1. The molecule has 0 spiro atoms. The van der Waals surface area contributed by atoms with Crippen LogP contribution in [0.5, 0.6) is 6.01 Å². The predicted molar refractivity (Wildman–Crippen MR) is 140 cm³/mol. The van der Waals surface area contributed by atoms with Crippen LogP contribution >= 0.6 is 0 Å². The van der Waals surface area contributed by atoms with Crippen molar-refractivity contribution in [2.24, 2.45) is 5.73 Å². The summed E-state index contributed by atoms with van der Waals surface area (Å²) in [6, 6.07) is 0.644. The predicted octanol–water partition coefficient (Wildman–Crippen LogP) is 5.62. The molecule has 0 aromatic carbocycles. The molecule has 0 radical (unpaired) electrons. The lowest BCUT2D eigenvalue weighted by atomic mass is 9.77. The monoisotopic (exact) mass is 472 g/mol. The Morgan fingerprint density at radius 1 is 0.676 bits per heavy atom. The highest BCUT2D eigenvalue weighted by molar-refractivity contribution is 5.49. The molecule has 2 saturated heterocycles. The van der Waals surface area contributed by atoms with Crippen molar-refractivity contribution in [2.75, 3.05) is 9.80 Å². The van der Waals surface area contributed by atoms with Crippen LogP contribution in [0.1, 0.15) is 120 Å². The van der Waals surface area contributed by atoms with Crippen LogP contribution in [0.2, 0.25) is 0 Å². The minimum Gasteiger partial charge on any atom is -0.460 e. The maximum Gasteiger partial charge on any atom is 0.323 e. The van der Waals surface area contributed by atoms with E-state index in [1.807, 2.05) is 0 Å². The Labute approximate surface area is 207 Å². The van der Waals surface area contributed by atoms with Crippen molar-refractivity contribution in [3.8, 4) is 6.01 Å². The molecule has 192 valence electrons. The first-order valence-corrected chi connectivity index (χ1v) is 13.5. The molecule has 0 bridgehead atoms. The Morgan fingerprint density at radius 2 is 1.15 bits per heavy atom. The molecule has 0 unspecified atom stereocenters. The van der Waals surface area contributed by atoms with Crippen LogP contribution in [0.3, 0.4) is 0 Å². The van der Waals surface area contributed by atoms with Gasteiger partial charge in [-0.3, -0.25) is 0 Å². The Morgan fingerprint density at radius 3 is 1.65 bits per heavy atom. The molecule has 2 N–H and O–H groups in total. The van der Waals surface area contributed by atoms with E-state index in [4.69, 9.17) is 25.4 Å². The van der Waals surface area contributed by atoms with E-state index >= 15 is 0 Å². The molecule has 4 rings (SSSR count). The molecule has 7 heteroatoms. The van der Waals surface area contributed by atoms with Gasteiger partial charge in [-0.15, -0.1) is 0 Å². The fraction of sp³-hybridized carbons (Fsp3) is 0.889. The highest BCUT2D eigenvalue weighted by Gasteiger charge is 2.48. The van der Waals surface area contributed by atoms with Gasteiger partial charge in [0, 0.05) is 28.2 Å². The number of rotatable bonds is 4. The quantitative estimate of drug-likeness (QED) is 0.609. The van der Waals surface area contributed by atoms with E-state index < -0.39 is 0 Å². The largest absolute Gasteiger partial charge is 0.460 e. The van der Waals surface area contributed by atoms with Crippen LogP contribution in [0, 0.1) is 0 Å². The molecule has 0 amide bonds. The van der Waals surface area contributed by atoms with Gasteiger partial charge in [0.05, 0.1) is 0 Å². The molecule has 3 aliphatic rings. The molecule has 2 aliphatic heterocycles.